The SMILES string of the molecule is CN(C)c1cccc(CNC(=O)NCc2ccccc2-n2ccnc2)c1. The van der Waals surface area contributed by atoms with Crippen LogP contribution in [0.3, 0.4) is 0 Å². The van der Waals surface area contributed by atoms with Gasteiger partial charge in [0.15, 0.2) is 0 Å². The fourth-order valence-electron chi connectivity index (χ4n) is 2.68. The van der Waals surface area contributed by atoms with Crippen LogP contribution in [0.2, 0.25) is 0 Å². The molecule has 0 fully saturated rings. The van der Waals surface area contributed by atoms with E-state index in [0.29, 0.717) is 13.1 Å². The molecule has 3 rings (SSSR count). The number of rotatable bonds is 6. The summed E-state index contributed by atoms with van der Waals surface area (Å²) >= 11 is 0. The van der Waals surface area contributed by atoms with Crippen molar-refractivity contribution in [2.45, 2.75) is 13.1 Å². The highest BCUT2D eigenvalue weighted by Crippen LogP contribution is 2.14. The number of nitrogens with one attached hydrogen (secondary N) is 2. The Bertz CT molecular complexity index is 858. The highest BCUT2D eigenvalue weighted by Gasteiger charge is 2.06. The lowest BCUT2D eigenvalue weighted by molar-refractivity contribution is 0.240. The van der Waals surface area contributed by atoms with Gasteiger partial charge in [0.2, 0.25) is 0 Å². The lowest BCUT2D eigenvalue weighted by atomic mass is 10.1. The molecule has 0 unspecified atom stereocenters. The number of amides is 2. The summed E-state index contributed by atoms with van der Waals surface area (Å²) < 4.78 is 1.93. The summed E-state index contributed by atoms with van der Waals surface area (Å²) in [4.78, 5) is 18.3. The van der Waals surface area contributed by atoms with Gasteiger partial charge in [0.05, 0.1) is 12.0 Å². The van der Waals surface area contributed by atoms with Gasteiger partial charge in [-0.15, -0.1) is 0 Å². The van der Waals surface area contributed by atoms with Gasteiger partial charge in [-0.3, -0.25) is 0 Å². The first-order valence-corrected chi connectivity index (χ1v) is 8.47. The van der Waals surface area contributed by atoms with Crippen LogP contribution < -0.4 is 15.5 Å². The molecule has 0 bridgehead atoms. The third kappa shape index (κ3) is 4.42. The molecular weight excluding hydrogens is 326 g/mol. The highest BCUT2D eigenvalue weighted by atomic mass is 16.2. The molecule has 0 saturated carbocycles. The van der Waals surface area contributed by atoms with Crippen molar-refractivity contribution in [2.24, 2.45) is 0 Å². The summed E-state index contributed by atoms with van der Waals surface area (Å²) in [5.74, 6) is 0. The highest BCUT2D eigenvalue weighted by molar-refractivity contribution is 5.74. The fourth-order valence-corrected chi connectivity index (χ4v) is 2.68. The van der Waals surface area contributed by atoms with E-state index < -0.39 is 0 Å². The fraction of sp³-hybridized carbons (Fsp3) is 0.200. The standard InChI is InChI=1S/C20H23N5O/c1-24(2)18-8-5-6-16(12-18)13-22-20(26)23-14-17-7-3-4-9-19(17)25-11-10-21-15-25/h3-12,15H,13-14H2,1-2H3,(H2,22,23,26). The normalized spacial score (nSPS) is 10.4. The Hall–Kier alpha value is -3.28. The Labute approximate surface area is 153 Å². The third-order valence-electron chi connectivity index (χ3n) is 4.09. The van der Waals surface area contributed by atoms with Gasteiger partial charge in [-0.1, -0.05) is 30.3 Å². The Morgan fingerprint density at radius 2 is 1.88 bits per heavy atom. The average Bonchev–Trinajstić information content (AvgIpc) is 3.19. The maximum Gasteiger partial charge on any atom is 0.315 e. The number of benzene rings is 2. The topological polar surface area (TPSA) is 62.2 Å². The number of hydrogen-bond acceptors (Lipinski definition) is 3. The zero-order valence-electron chi connectivity index (χ0n) is 15.0. The molecule has 2 amide bonds. The van der Waals surface area contributed by atoms with Crippen molar-refractivity contribution < 1.29 is 4.79 Å². The van der Waals surface area contributed by atoms with E-state index in [1.165, 1.54) is 0 Å². The van der Waals surface area contributed by atoms with Gasteiger partial charge < -0.3 is 20.1 Å². The van der Waals surface area contributed by atoms with Crippen molar-refractivity contribution in [3.8, 4) is 5.69 Å². The van der Waals surface area contributed by atoms with Crippen molar-refractivity contribution in [1.82, 2.24) is 20.2 Å². The molecule has 0 saturated heterocycles. The molecular formula is C20H23N5O. The Kier molecular flexibility index (Phi) is 5.53. The minimum atomic E-state index is -0.194. The monoisotopic (exact) mass is 349 g/mol. The number of para-hydroxylation sites is 1. The number of aromatic nitrogens is 2. The molecule has 26 heavy (non-hydrogen) atoms. The molecule has 1 heterocycles. The lowest BCUT2D eigenvalue weighted by Gasteiger charge is -2.14. The molecule has 3 aromatic rings. The van der Waals surface area contributed by atoms with Crippen molar-refractivity contribution >= 4 is 11.7 Å². The molecule has 1 aromatic heterocycles. The first kappa shape index (κ1) is 17.5. The van der Waals surface area contributed by atoms with E-state index in [2.05, 4.69) is 21.7 Å². The maximum absolute atomic E-state index is 12.2. The predicted octanol–water partition coefficient (Wildman–Crippen LogP) is 2.94. The molecule has 6 heteroatoms. The lowest BCUT2D eigenvalue weighted by Crippen LogP contribution is -2.34. The Morgan fingerprint density at radius 1 is 1.08 bits per heavy atom. The van der Waals surface area contributed by atoms with Crippen LogP contribution in [-0.2, 0) is 13.1 Å². The van der Waals surface area contributed by atoms with Crippen molar-refractivity contribution in [2.75, 3.05) is 19.0 Å². The number of carbonyl (C=O) groups excluding carboxylic acids is 1. The summed E-state index contributed by atoms with van der Waals surface area (Å²) in [6.45, 7) is 0.925. The summed E-state index contributed by atoms with van der Waals surface area (Å²) in [6, 6.07) is 15.8. The zero-order chi connectivity index (χ0) is 18.4. The second kappa shape index (κ2) is 8.20. The van der Waals surface area contributed by atoms with Crippen LogP contribution in [0.4, 0.5) is 10.5 Å². The second-order valence-electron chi connectivity index (χ2n) is 6.20. The van der Waals surface area contributed by atoms with Crippen molar-refractivity contribution in [3.05, 3.63) is 78.4 Å². The Morgan fingerprint density at radius 3 is 2.65 bits per heavy atom. The summed E-state index contributed by atoms with van der Waals surface area (Å²) in [6.07, 6.45) is 5.37. The van der Waals surface area contributed by atoms with Crippen LogP contribution in [0.25, 0.3) is 5.69 Å². The minimum absolute atomic E-state index is 0.194. The minimum Gasteiger partial charge on any atom is -0.378 e. The maximum atomic E-state index is 12.2. The number of anilines is 1. The van der Waals surface area contributed by atoms with Crippen molar-refractivity contribution in [1.29, 1.82) is 0 Å². The first-order valence-electron chi connectivity index (χ1n) is 8.47. The van der Waals surface area contributed by atoms with E-state index in [9.17, 15) is 4.79 Å². The summed E-state index contributed by atoms with van der Waals surface area (Å²) in [5, 5.41) is 5.82. The first-order chi connectivity index (χ1) is 12.6. The average molecular weight is 349 g/mol. The smallest absolute Gasteiger partial charge is 0.315 e. The van der Waals surface area contributed by atoms with E-state index in [4.69, 9.17) is 0 Å². The molecule has 0 aliphatic heterocycles. The molecule has 6 nitrogen and oxygen atoms in total. The Balaban J connectivity index is 1.56. The molecule has 0 radical (unpaired) electrons. The van der Waals surface area contributed by atoms with Gasteiger partial charge in [0.1, 0.15) is 0 Å². The summed E-state index contributed by atoms with van der Waals surface area (Å²) in [5.41, 5.74) is 4.20. The van der Waals surface area contributed by atoms with Crippen LogP contribution in [0, 0.1) is 0 Å². The van der Waals surface area contributed by atoms with Gasteiger partial charge in [-0.25, -0.2) is 9.78 Å². The van der Waals surface area contributed by atoms with E-state index in [1.54, 1.807) is 12.5 Å². The van der Waals surface area contributed by atoms with Gasteiger partial charge in [-0.05, 0) is 29.3 Å². The van der Waals surface area contributed by atoms with Gasteiger partial charge in [-0.2, -0.15) is 0 Å². The molecule has 0 atom stereocenters. The molecule has 0 aliphatic rings. The molecule has 2 N–H and O–H groups in total. The molecule has 0 aliphatic carbocycles. The van der Waals surface area contributed by atoms with Crippen LogP contribution in [0.5, 0.6) is 0 Å². The quantitative estimate of drug-likeness (QED) is 0.719. The van der Waals surface area contributed by atoms with Crippen LogP contribution in [-0.4, -0.2) is 29.7 Å². The van der Waals surface area contributed by atoms with Crippen LogP contribution in [0.15, 0.2) is 67.3 Å². The predicted molar refractivity (Wildman–Crippen MR) is 103 cm³/mol. The van der Waals surface area contributed by atoms with E-state index in [0.717, 1.165) is 22.5 Å². The van der Waals surface area contributed by atoms with Gasteiger partial charge in [0, 0.05) is 45.3 Å². The summed E-state index contributed by atoms with van der Waals surface area (Å²) in [7, 11) is 3.99. The van der Waals surface area contributed by atoms with Crippen LogP contribution >= 0.6 is 0 Å². The largest absolute Gasteiger partial charge is 0.378 e. The number of nitrogens with zero attached hydrogens (tertiary/aromatic N) is 3. The number of imidazole rings is 1. The van der Waals surface area contributed by atoms with E-state index >= 15 is 0 Å². The molecule has 0 spiro atoms. The van der Waals surface area contributed by atoms with Gasteiger partial charge in [0.25, 0.3) is 0 Å². The number of carbonyl (C=O) groups is 1. The molecule has 2 aromatic carbocycles. The molecule has 134 valence electrons. The second-order valence-corrected chi connectivity index (χ2v) is 6.20. The third-order valence-corrected chi connectivity index (χ3v) is 4.09. The number of hydrogen-bond donors (Lipinski definition) is 2. The zero-order valence-corrected chi connectivity index (χ0v) is 15.0. The van der Waals surface area contributed by atoms with Gasteiger partial charge >= 0.3 is 6.03 Å². The van der Waals surface area contributed by atoms with Crippen molar-refractivity contribution in [3.63, 3.8) is 0 Å². The van der Waals surface area contributed by atoms with E-state index in [-0.39, 0.29) is 6.03 Å². The van der Waals surface area contributed by atoms with E-state index in [1.807, 2.05) is 72.2 Å². The van der Waals surface area contributed by atoms with Crippen LogP contribution in [0.1, 0.15) is 11.1 Å². The number of urea groups is 1.